The smallest absolute Gasteiger partial charge is 1.00 e. The number of anilines is 1. The monoisotopic (exact) mass is 1500 g/mol. The van der Waals surface area contributed by atoms with Crippen LogP contribution < -0.4 is 61.0 Å². The fourth-order valence-electron chi connectivity index (χ4n) is 13.7. The summed E-state index contributed by atoms with van der Waals surface area (Å²) in [5.41, 5.74) is 20.3. The second-order valence-corrected chi connectivity index (χ2v) is 29.1. The molecule has 0 saturated carbocycles. The molecular formula is C92H123BF6N2NaO4P. The van der Waals surface area contributed by atoms with Gasteiger partial charge in [-0.2, -0.15) is 26.4 Å². The van der Waals surface area contributed by atoms with Gasteiger partial charge in [-0.15, -0.1) is 0 Å². The molecule has 1 unspecified atom stereocenters. The van der Waals surface area contributed by atoms with Crippen LogP contribution in [0, 0.1) is 19.8 Å². The van der Waals surface area contributed by atoms with Crippen LogP contribution in [-0.4, -0.2) is 46.4 Å². The number of nitrogens with zero attached hydrogens (tertiary/aromatic N) is 2. The molecule has 4 aliphatic rings. The van der Waals surface area contributed by atoms with Crippen LogP contribution in [0.15, 0.2) is 276 Å². The molecule has 0 fully saturated rings. The number of hydrogen-bond donors (Lipinski definition) is 1. The second kappa shape index (κ2) is 46.0. The minimum absolute atomic E-state index is 0. The molecule has 2 aliphatic heterocycles. The molecule has 1 N–H and O–H groups in total. The normalized spacial score (nSPS) is 16.0. The number of allylic oxidation sites excluding steroid dienone is 12. The molecule has 7 aromatic rings. The number of ether oxygens (including phenoxy) is 2. The zero-order valence-electron chi connectivity index (χ0n) is 68.8. The summed E-state index contributed by atoms with van der Waals surface area (Å²) in [4.78, 5) is 15.4. The third-order valence-electron chi connectivity index (χ3n) is 17.9. The Hall–Kier alpha value is -7.67. The number of hydrogen-bond acceptors (Lipinski definition) is 5. The Morgan fingerprint density at radius 1 is 0.589 bits per heavy atom. The summed E-state index contributed by atoms with van der Waals surface area (Å²) < 4.78 is 63.2. The van der Waals surface area contributed by atoms with Crippen molar-refractivity contribution in [1.82, 2.24) is 0 Å². The minimum Gasteiger partial charge on any atom is -1.00 e. The molecule has 11 rings (SSSR count). The molecule has 107 heavy (non-hydrogen) atoms. The summed E-state index contributed by atoms with van der Waals surface area (Å²) in [6.45, 7) is 49.5. The number of halogens is 6. The predicted octanol–water partition coefficient (Wildman–Crippen LogP) is 20.2. The number of aliphatic hydroxyl groups is 1. The van der Waals surface area contributed by atoms with Gasteiger partial charge >= 0.3 is 64.9 Å². The molecule has 0 amide bonds. The van der Waals surface area contributed by atoms with Gasteiger partial charge in [-0.1, -0.05) is 286 Å². The quantitative estimate of drug-likeness (QED) is 0.0330. The summed E-state index contributed by atoms with van der Waals surface area (Å²) in [6, 6.07) is 69.0. The van der Waals surface area contributed by atoms with Crippen molar-refractivity contribution >= 4 is 59.4 Å². The molecule has 0 aromatic heterocycles. The Bertz CT molecular complexity index is 3880. The van der Waals surface area contributed by atoms with E-state index in [1.54, 1.807) is 0 Å². The number of carbonyl (C=O) groups excluding carboxylic acids is 1. The maximum Gasteiger partial charge on any atom is 1.00 e. The van der Waals surface area contributed by atoms with Gasteiger partial charge in [-0.25, -0.2) is 4.79 Å². The Morgan fingerprint density at radius 3 is 1.41 bits per heavy atom. The first-order valence-corrected chi connectivity index (χ1v) is 39.5. The van der Waals surface area contributed by atoms with Crippen LogP contribution in [-0.2, 0) is 20.3 Å². The molecule has 0 bridgehead atoms. The largest absolute Gasteiger partial charge is 1.00 e. The van der Waals surface area contributed by atoms with E-state index in [9.17, 15) is 30.9 Å². The maximum absolute atomic E-state index is 13.0. The van der Waals surface area contributed by atoms with Crippen LogP contribution in [0.3, 0.4) is 0 Å². The number of rotatable bonds is 12. The van der Waals surface area contributed by atoms with E-state index in [4.69, 9.17) is 9.47 Å². The number of carbonyl (C=O) groups is 1. The third-order valence-corrected chi connectivity index (χ3v) is 17.9. The van der Waals surface area contributed by atoms with E-state index in [-0.39, 0.29) is 51.0 Å². The third kappa shape index (κ3) is 28.7. The fraction of sp³-hybridized carbons (Fsp3) is 0.370. The van der Waals surface area contributed by atoms with E-state index in [0.29, 0.717) is 11.5 Å². The SMILES string of the molecule is CC.CC.CC.CC.CC(C)=CC1=C(O)C(C=C(C)C)CCC1.CCN1/C(=C/C=C2\CCC(/C=C/C3=[N+](CC)c4ccc(C)cc4C3(C)C)=C2OC(=O)OC(C)(C)C)C(C)(C)c2cc(C)ccc21.FP(F)(F)(F)F.[F-].[Na+].c1ccc([B-](c2ccccc2)(c2ccccc2)c2ccccc2)cc1.c1ccccc1. The van der Waals surface area contributed by atoms with E-state index in [2.05, 4.69) is 287 Å². The zero-order valence-corrected chi connectivity index (χ0v) is 71.7. The molecule has 6 nitrogen and oxygen atoms in total. The molecule has 1 atom stereocenters. The van der Waals surface area contributed by atoms with Gasteiger partial charge in [0.1, 0.15) is 29.8 Å². The Kier molecular flexibility index (Phi) is 41.8. The molecule has 2 aliphatic carbocycles. The van der Waals surface area contributed by atoms with Crippen LogP contribution in [0.4, 0.5) is 37.2 Å². The summed E-state index contributed by atoms with van der Waals surface area (Å²) in [5.74, 6) is 1.44. The van der Waals surface area contributed by atoms with Gasteiger partial charge in [-0.05, 0) is 169 Å². The molecule has 7 aromatic carbocycles. The van der Waals surface area contributed by atoms with Crippen molar-refractivity contribution in [2.45, 2.75) is 208 Å². The van der Waals surface area contributed by atoms with Crippen LogP contribution in [0.2, 0.25) is 0 Å². The fourth-order valence-corrected chi connectivity index (χ4v) is 13.7. The average molecular weight is 1500 g/mol. The molecule has 576 valence electrons. The second-order valence-electron chi connectivity index (χ2n) is 27.8. The molecule has 2 heterocycles. The van der Waals surface area contributed by atoms with Crippen LogP contribution >= 0.6 is 8.16 Å². The van der Waals surface area contributed by atoms with Crippen molar-refractivity contribution in [2.24, 2.45) is 5.92 Å². The van der Waals surface area contributed by atoms with E-state index in [1.165, 1.54) is 84.5 Å². The molecular weight excluding hydrogens is 1380 g/mol. The molecule has 0 saturated heterocycles. The Labute approximate surface area is 663 Å². The summed E-state index contributed by atoms with van der Waals surface area (Å²) in [7, 11) is -8.55. The average Bonchev–Trinajstić information content (AvgIpc) is 1.36. The van der Waals surface area contributed by atoms with Gasteiger partial charge in [0.05, 0.1) is 5.41 Å². The topological polar surface area (TPSA) is 62.0 Å². The van der Waals surface area contributed by atoms with Crippen LogP contribution in [0.1, 0.15) is 200 Å². The number of aliphatic hydroxyl groups excluding tert-OH is 1. The van der Waals surface area contributed by atoms with Crippen LogP contribution in [0.25, 0.3) is 0 Å². The van der Waals surface area contributed by atoms with E-state index >= 15 is 0 Å². The van der Waals surface area contributed by atoms with Crippen molar-refractivity contribution < 1.29 is 79.2 Å². The number of aryl methyl sites for hydroxylation is 2. The maximum atomic E-state index is 13.0. The van der Waals surface area contributed by atoms with Crippen molar-refractivity contribution in [1.29, 1.82) is 0 Å². The summed E-state index contributed by atoms with van der Waals surface area (Å²) >= 11 is 0. The van der Waals surface area contributed by atoms with Gasteiger partial charge in [0.15, 0.2) is 5.71 Å². The first kappa shape index (κ1) is 97.3. The Morgan fingerprint density at radius 2 is 1.01 bits per heavy atom. The molecule has 0 radical (unpaired) electrons. The van der Waals surface area contributed by atoms with E-state index < -0.39 is 26.1 Å². The van der Waals surface area contributed by atoms with Crippen molar-refractivity contribution in [3.05, 3.63) is 298 Å². The van der Waals surface area contributed by atoms with E-state index in [1.807, 2.05) is 113 Å². The minimum atomic E-state index is -8.55. The first-order chi connectivity index (χ1) is 49.7. The van der Waals surface area contributed by atoms with Gasteiger partial charge in [-0.3, -0.25) is 0 Å². The number of benzene rings is 7. The van der Waals surface area contributed by atoms with Gasteiger partial charge in [0.2, 0.25) is 5.69 Å². The van der Waals surface area contributed by atoms with Gasteiger partial charge in [0.25, 0.3) is 0 Å². The first-order valence-electron chi connectivity index (χ1n) is 37.8. The van der Waals surface area contributed by atoms with Crippen molar-refractivity contribution in [3.8, 4) is 0 Å². The molecule has 0 spiro atoms. The summed E-state index contributed by atoms with van der Waals surface area (Å²) in [5, 5.41) is 10.1. The Balaban J connectivity index is 0.000000771. The molecule has 15 heteroatoms. The zero-order chi connectivity index (χ0) is 79.0. The standard InChI is InChI=1S/C40H51N2O3.C24H20B.C14H22O.C6H6.4C2H6.F5P.FH.Na/c1-12-41-32-20-14-26(3)24-30(32)39(8,9)34(41)22-18-28-16-17-29(36(28)44-37(43)45-38(5,6)7)19-23-35-40(10,11)31-25-27(4)15-21-33(31)42(35)13-2;1-5-13-21(14-6-1)25(22-15-7-2-8-16-22,23-17-9-3-10-18-23)24-19-11-4-12-20-24;1-10(2)8-12-6-5-7-13(14(12)15)9-11(3)4;1-2-4-6-5-3-1;4*1-2;1-6(2,3,4)5;;/h14-15,18-25H,12-13,16-17H2,1-11H3;1-20H;8-9,12,15H,5-7H2,1-4H3;1-6H;4*1-2H3;;1H;/q+1;-1;;;;;;;;;+1/p-1. The van der Waals surface area contributed by atoms with E-state index in [0.717, 1.165) is 55.5 Å². The van der Waals surface area contributed by atoms with Crippen molar-refractivity contribution in [3.63, 3.8) is 0 Å². The summed E-state index contributed by atoms with van der Waals surface area (Å²) in [6.07, 6.45) is 16.0. The predicted molar refractivity (Wildman–Crippen MR) is 446 cm³/mol. The van der Waals surface area contributed by atoms with Crippen LogP contribution in [0.5, 0.6) is 0 Å². The van der Waals surface area contributed by atoms with Gasteiger partial charge < -0.3 is 24.2 Å². The number of fused-ring (bicyclic) bond motifs is 2. The van der Waals surface area contributed by atoms with Crippen molar-refractivity contribution in [2.75, 3.05) is 18.0 Å². The van der Waals surface area contributed by atoms with Gasteiger partial charge in [0, 0.05) is 47.0 Å². The number of likely N-dealkylation sites (N-methyl/N-ethyl adjacent to an activating group) is 1.